The van der Waals surface area contributed by atoms with Crippen LogP contribution in [0.4, 0.5) is 4.39 Å². The van der Waals surface area contributed by atoms with E-state index in [0.29, 0.717) is 0 Å². The van der Waals surface area contributed by atoms with Crippen LogP contribution < -0.4 is 10.5 Å². The number of hydrogen-bond acceptors (Lipinski definition) is 2. The summed E-state index contributed by atoms with van der Waals surface area (Å²) in [6, 6.07) is 4.80. The molecular formula is C18H26FNO. The predicted molar refractivity (Wildman–Crippen MR) is 82.9 cm³/mol. The molecule has 1 aliphatic heterocycles. The number of ether oxygens (including phenoxy) is 1. The average Bonchev–Trinajstić information content (AvgIpc) is 2.79. The van der Waals surface area contributed by atoms with Gasteiger partial charge in [0.2, 0.25) is 0 Å². The van der Waals surface area contributed by atoms with Crippen LogP contribution in [0.15, 0.2) is 18.2 Å². The standard InChI is InChI=1S/C18H26FNO/c1-12(2)13-5-7-18(20,8-6-13)11-16-10-14-9-15(19)3-4-17(14)21-16/h3-4,9,12-13,16H,5-8,10-11,20H2,1-2H3. The fourth-order valence-corrected chi connectivity index (χ4v) is 3.94. The Kier molecular flexibility index (Phi) is 3.96. The van der Waals surface area contributed by atoms with Crippen LogP contribution in [0, 0.1) is 17.7 Å². The topological polar surface area (TPSA) is 35.2 Å². The van der Waals surface area contributed by atoms with Gasteiger partial charge < -0.3 is 10.5 Å². The highest BCUT2D eigenvalue weighted by molar-refractivity contribution is 5.38. The van der Waals surface area contributed by atoms with E-state index in [0.717, 1.165) is 48.8 Å². The molecule has 0 spiro atoms. The van der Waals surface area contributed by atoms with Crippen molar-refractivity contribution in [2.45, 2.75) is 64.0 Å². The Morgan fingerprint density at radius 1 is 1.33 bits per heavy atom. The van der Waals surface area contributed by atoms with Crippen molar-refractivity contribution in [3.05, 3.63) is 29.6 Å². The molecule has 3 heteroatoms. The normalized spacial score (nSPS) is 32.0. The molecule has 1 atom stereocenters. The molecule has 1 aromatic carbocycles. The summed E-state index contributed by atoms with van der Waals surface area (Å²) in [5, 5.41) is 0. The van der Waals surface area contributed by atoms with E-state index in [4.69, 9.17) is 10.5 Å². The largest absolute Gasteiger partial charge is 0.490 e. The van der Waals surface area contributed by atoms with Crippen LogP contribution in [0.1, 0.15) is 51.5 Å². The molecule has 2 N–H and O–H groups in total. The average molecular weight is 291 g/mol. The highest BCUT2D eigenvalue weighted by Gasteiger charge is 2.37. The maximum Gasteiger partial charge on any atom is 0.123 e. The number of fused-ring (bicyclic) bond motifs is 1. The third-order valence-electron chi connectivity index (χ3n) is 5.37. The third kappa shape index (κ3) is 3.23. The first-order chi connectivity index (χ1) is 9.95. The summed E-state index contributed by atoms with van der Waals surface area (Å²) in [4.78, 5) is 0. The van der Waals surface area contributed by atoms with E-state index in [-0.39, 0.29) is 17.5 Å². The van der Waals surface area contributed by atoms with Crippen molar-refractivity contribution in [2.75, 3.05) is 0 Å². The van der Waals surface area contributed by atoms with Crippen LogP contribution >= 0.6 is 0 Å². The molecule has 1 aromatic rings. The molecule has 3 rings (SSSR count). The summed E-state index contributed by atoms with van der Waals surface area (Å²) in [5.74, 6) is 2.22. The van der Waals surface area contributed by atoms with E-state index < -0.39 is 0 Å². The van der Waals surface area contributed by atoms with E-state index in [9.17, 15) is 4.39 Å². The van der Waals surface area contributed by atoms with Crippen molar-refractivity contribution in [3.63, 3.8) is 0 Å². The Morgan fingerprint density at radius 3 is 2.71 bits per heavy atom. The summed E-state index contributed by atoms with van der Waals surface area (Å²) in [6.45, 7) is 4.61. The Labute approximate surface area is 126 Å². The Balaban J connectivity index is 1.59. The minimum Gasteiger partial charge on any atom is -0.490 e. The second-order valence-corrected chi connectivity index (χ2v) is 7.34. The first kappa shape index (κ1) is 14.8. The highest BCUT2D eigenvalue weighted by atomic mass is 19.1. The summed E-state index contributed by atoms with van der Waals surface area (Å²) in [7, 11) is 0. The van der Waals surface area contributed by atoms with Gasteiger partial charge in [0, 0.05) is 23.9 Å². The van der Waals surface area contributed by atoms with Crippen molar-refractivity contribution in [3.8, 4) is 5.75 Å². The van der Waals surface area contributed by atoms with Gasteiger partial charge in [-0.15, -0.1) is 0 Å². The van der Waals surface area contributed by atoms with Crippen molar-refractivity contribution in [1.29, 1.82) is 0 Å². The Hall–Kier alpha value is -1.09. The lowest BCUT2D eigenvalue weighted by Crippen LogP contribution is -2.47. The number of nitrogens with two attached hydrogens (primary N) is 1. The Morgan fingerprint density at radius 2 is 2.05 bits per heavy atom. The molecular weight excluding hydrogens is 265 g/mol. The van der Waals surface area contributed by atoms with Gasteiger partial charge in [-0.2, -0.15) is 0 Å². The van der Waals surface area contributed by atoms with Gasteiger partial charge in [-0.25, -0.2) is 4.39 Å². The molecule has 21 heavy (non-hydrogen) atoms. The van der Waals surface area contributed by atoms with E-state index in [1.807, 2.05) is 0 Å². The second-order valence-electron chi connectivity index (χ2n) is 7.34. The molecule has 1 aliphatic carbocycles. The maximum atomic E-state index is 13.3. The first-order valence-electron chi connectivity index (χ1n) is 8.19. The van der Waals surface area contributed by atoms with Crippen LogP contribution in [-0.2, 0) is 6.42 Å². The maximum absolute atomic E-state index is 13.3. The van der Waals surface area contributed by atoms with Gasteiger partial charge >= 0.3 is 0 Å². The quantitative estimate of drug-likeness (QED) is 0.911. The molecule has 2 aliphatic rings. The van der Waals surface area contributed by atoms with Gasteiger partial charge in [-0.05, 0) is 55.7 Å². The van der Waals surface area contributed by atoms with E-state index >= 15 is 0 Å². The summed E-state index contributed by atoms with van der Waals surface area (Å²) in [5.41, 5.74) is 7.50. The number of rotatable bonds is 3. The zero-order valence-electron chi connectivity index (χ0n) is 13.1. The predicted octanol–water partition coefficient (Wildman–Crippen LogP) is 4.06. The number of benzene rings is 1. The summed E-state index contributed by atoms with van der Waals surface area (Å²) in [6.07, 6.45) is 6.40. The van der Waals surface area contributed by atoms with Gasteiger partial charge in [0.15, 0.2) is 0 Å². The molecule has 116 valence electrons. The molecule has 1 saturated carbocycles. The summed E-state index contributed by atoms with van der Waals surface area (Å²) < 4.78 is 19.2. The fourth-order valence-electron chi connectivity index (χ4n) is 3.94. The molecule has 0 bridgehead atoms. The molecule has 1 heterocycles. The van der Waals surface area contributed by atoms with Gasteiger partial charge in [0.25, 0.3) is 0 Å². The third-order valence-corrected chi connectivity index (χ3v) is 5.37. The lowest BCUT2D eigenvalue weighted by atomic mass is 9.71. The van der Waals surface area contributed by atoms with Crippen LogP contribution in [0.3, 0.4) is 0 Å². The van der Waals surface area contributed by atoms with Crippen LogP contribution in [0.5, 0.6) is 5.75 Å². The SMILES string of the molecule is CC(C)C1CCC(N)(CC2Cc3cc(F)ccc3O2)CC1. The molecule has 0 aromatic heterocycles. The smallest absolute Gasteiger partial charge is 0.123 e. The molecule has 0 saturated heterocycles. The van der Waals surface area contributed by atoms with Gasteiger partial charge in [0.1, 0.15) is 17.7 Å². The zero-order valence-corrected chi connectivity index (χ0v) is 13.1. The summed E-state index contributed by atoms with van der Waals surface area (Å²) >= 11 is 0. The van der Waals surface area contributed by atoms with Crippen molar-refractivity contribution < 1.29 is 9.13 Å². The van der Waals surface area contributed by atoms with E-state index in [2.05, 4.69) is 13.8 Å². The van der Waals surface area contributed by atoms with Gasteiger partial charge in [-0.1, -0.05) is 13.8 Å². The molecule has 0 amide bonds. The van der Waals surface area contributed by atoms with E-state index in [1.54, 1.807) is 12.1 Å². The molecule has 1 fully saturated rings. The highest BCUT2D eigenvalue weighted by Crippen LogP contribution is 2.39. The van der Waals surface area contributed by atoms with Crippen molar-refractivity contribution >= 4 is 0 Å². The zero-order chi connectivity index (χ0) is 15.0. The van der Waals surface area contributed by atoms with Gasteiger partial charge in [0.05, 0.1) is 0 Å². The first-order valence-corrected chi connectivity index (χ1v) is 8.19. The molecule has 1 unspecified atom stereocenters. The minimum atomic E-state index is -0.182. The second kappa shape index (κ2) is 5.60. The van der Waals surface area contributed by atoms with Gasteiger partial charge in [-0.3, -0.25) is 0 Å². The fraction of sp³-hybridized carbons (Fsp3) is 0.667. The van der Waals surface area contributed by atoms with Crippen LogP contribution in [0.2, 0.25) is 0 Å². The monoisotopic (exact) mass is 291 g/mol. The van der Waals surface area contributed by atoms with Crippen molar-refractivity contribution in [2.24, 2.45) is 17.6 Å². The number of hydrogen-bond donors (Lipinski definition) is 1. The van der Waals surface area contributed by atoms with E-state index in [1.165, 1.54) is 18.9 Å². The lowest BCUT2D eigenvalue weighted by molar-refractivity contribution is 0.127. The Bertz CT molecular complexity index is 506. The van der Waals surface area contributed by atoms with Crippen molar-refractivity contribution in [1.82, 2.24) is 0 Å². The van der Waals surface area contributed by atoms with Crippen LogP contribution in [-0.4, -0.2) is 11.6 Å². The number of halogens is 1. The van der Waals surface area contributed by atoms with Crippen LogP contribution in [0.25, 0.3) is 0 Å². The minimum absolute atomic E-state index is 0.101. The molecule has 0 radical (unpaired) electrons. The lowest BCUT2D eigenvalue weighted by Gasteiger charge is -2.39. The molecule has 2 nitrogen and oxygen atoms in total.